The summed E-state index contributed by atoms with van der Waals surface area (Å²) in [4.78, 5) is 15.4. The van der Waals surface area contributed by atoms with Crippen LogP contribution in [0.25, 0.3) is 22.7 Å². The van der Waals surface area contributed by atoms with Crippen LogP contribution in [0, 0.1) is 0 Å². The summed E-state index contributed by atoms with van der Waals surface area (Å²) >= 11 is 0. The number of fused-ring (bicyclic) bond motifs is 1. The topological polar surface area (TPSA) is 75.4 Å². The van der Waals surface area contributed by atoms with Gasteiger partial charge in [0, 0.05) is 18.0 Å². The molecule has 1 heterocycles. The molecule has 24 heavy (non-hydrogen) atoms. The first-order valence-corrected chi connectivity index (χ1v) is 7.65. The highest BCUT2D eigenvalue weighted by Gasteiger charge is 2.11. The number of benzene rings is 2. The number of hydrogen-bond acceptors (Lipinski definition) is 5. The van der Waals surface area contributed by atoms with Crippen LogP contribution < -0.4 is 9.84 Å². The molecule has 5 nitrogen and oxygen atoms in total. The predicted molar refractivity (Wildman–Crippen MR) is 89.1 cm³/mol. The lowest BCUT2D eigenvalue weighted by Crippen LogP contribution is -2.22. The molecule has 0 radical (unpaired) electrons. The molecule has 0 unspecified atom stereocenters. The van der Waals surface area contributed by atoms with Gasteiger partial charge in [0.15, 0.2) is 5.58 Å². The second kappa shape index (κ2) is 7.00. The summed E-state index contributed by atoms with van der Waals surface area (Å²) in [7, 11) is 0. The van der Waals surface area contributed by atoms with Crippen molar-refractivity contribution in [1.29, 1.82) is 0 Å². The van der Waals surface area contributed by atoms with E-state index in [0.717, 1.165) is 11.3 Å². The van der Waals surface area contributed by atoms with Crippen LogP contribution in [0.15, 0.2) is 52.9 Å². The number of aliphatic carboxylic acids is 1. The Morgan fingerprint density at radius 2 is 1.96 bits per heavy atom. The van der Waals surface area contributed by atoms with Gasteiger partial charge in [-0.05, 0) is 42.8 Å². The van der Waals surface area contributed by atoms with E-state index in [1.807, 2.05) is 49.4 Å². The molecule has 5 heteroatoms. The third kappa shape index (κ3) is 3.63. The van der Waals surface area contributed by atoms with Crippen molar-refractivity contribution in [2.45, 2.75) is 13.3 Å². The minimum absolute atomic E-state index is 0.278. The normalized spacial score (nSPS) is 11.6. The molecule has 1 aromatic heterocycles. The van der Waals surface area contributed by atoms with Gasteiger partial charge in [-0.3, -0.25) is 0 Å². The maximum absolute atomic E-state index is 11.1. The minimum atomic E-state index is -1.19. The summed E-state index contributed by atoms with van der Waals surface area (Å²) in [6, 6.07) is 14.7. The molecular weight excluding hydrogens is 306 g/mol. The van der Waals surface area contributed by atoms with Gasteiger partial charge < -0.3 is 19.1 Å². The molecule has 0 fully saturated rings. The van der Waals surface area contributed by atoms with Gasteiger partial charge in [-0.25, -0.2) is 4.98 Å². The van der Waals surface area contributed by atoms with E-state index < -0.39 is 5.97 Å². The number of aromatic nitrogens is 1. The third-order valence-corrected chi connectivity index (χ3v) is 3.44. The molecule has 0 saturated heterocycles. The van der Waals surface area contributed by atoms with E-state index in [0.29, 0.717) is 23.3 Å². The quantitative estimate of drug-likeness (QED) is 0.697. The van der Waals surface area contributed by atoms with Crippen molar-refractivity contribution >= 4 is 28.7 Å². The van der Waals surface area contributed by atoms with E-state index in [-0.39, 0.29) is 12.3 Å². The van der Waals surface area contributed by atoms with Crippen LogP contribution in [0.1, 0.15) is 24.8 Å². The molecule has 0 spiro atoms. The fraction of sp³-hybridized carbons (Fsp3) is 0.158. The Labute approximate surface area is 139 Å². The van der Waals surface area contributed by atoms with Gasteiger partial charge in [0.05, 0.1) is 6.61 Å². The van der Waals surface area contributed by atoms with Gasteiger partial charge in [-0.1, -0.05) is 24.3 Å². The molecule has 0 atom stereocenters. The number of nitrogens with zero attached hydrogens (tertiary/aromatic N) is 1. The van der Waals surface area contributed by atoms with Gasteiger partial charge in [0.25, 0.3) is 0 Å². The van der Waals surface area contributed by atoms with Crippen LogP contribution in [-0.4, -0.2) is 17.6 Å². The van der Waals surface area contributed by atoms with Crippen molar-refractivity contribution in [2.24, 2.45) is 0 Å². The Kier molecular flexibility index (Phi) is 4.61. The van der Waals surface area contributed by atoms with Gasteiger partial charge in [0.2, 0.25) is 5.89 Å². The number of oxazole rings is 1. The number of ether oxygens (including phenoxy) is 1. The molecule has 0 aliphatic carbocycles. The second-order valence-corrected chi connectivity index (χ2v) is 5.21. The van der Waals surface area contributed by atoms with Crippen molar-refractivity contribution in [3.05, 3.63) is 60.0 Å². The van der Waals surface area contributed by atoms with E-state index in [1.54, 1.807) is 12.1 Å². The van der Waals surface area contributed by atoms with E-state index in [2.05, 4.69) is 4.98 Å². The zero-order valence-electron chi connectivity index (χ0n) is 13.2. The molecule has 122 valence electrons. The van der Waals surface area contributed by atoms with Gasteiger partial charge in [-0.2, -0.15) is 0 Å². The highest BCUT2D eigenvalue weighted by atomic mass is 16.5. The van der Waals surface area contributed by atoms with Crippen molar-refractivity contribution in [1.82, 2.24) is 4.98 Å². The van der Waals surface area contributed by atoms with E-state index in [1.165, 1.54) is 0 Å². The number of carbonyl (C=O) groups excluding carboxylic acids is 1. The smallest absolute Gasteiger partial charge is 0.223 e. The third-order valence-electron chi connectivity index (χ3n) is 3.44. The summed E-state index contributed by atoms with van der Waals surface area (Å²) in [5.74, 6) is -0.137. The van der Waals surface area contributed by atoms with Crippen molar-refractivity contribution < 1.29 is 19.1 Å². The lowest BCUT2D eigenvalue weighted by Gasteiger charge is -2.06. The second-order valence-electron chi connectivity index (χ2n) is 5.21. The van der Waals surface area contributed by atoms with Crippen LogP contribution in [-0.2, 0) is 4.79 Å². The fourth-order valence-corrected chi connectivity index (χ4v) is 2.38. The Hall–Kier alpha value is -3.08. The number of carboxylic acids is 1. The van der Waals surface area contributed by atoms with Crippen molar-refractivity contribution in [2.75, 3.05) is 6.61 Å². The Bertz CT molecular complexity index is 845. The lowest BCUT2D eigenvalue weighted by molar-refractivity contribution is -0.304. The Morgan fingerprint density at radius 3 is 2.62 bits per heavy atom. The van der Waals surface area contributed by atoms with Crippen molar-refractivity contribution in [3.63, 3.8) is 0 Å². The van der Waals surface area contributed by atoms with E-state index in [9.17, 15) is 9.90 Å². The van der Waals surface area contributed by atoms with E-state index >= 15 is 0 Å². The van der Waals surface area contributed by atoms with Gasteiger partial charge in [-0.15, -0.1) is 0 Å². The zero-order valence-corrected chi connectivity index (χ0v) is 13.2. The molecule has 0 aliphatic heterocycles. The maximum atomic E-state index is 11.1. The number of para-hydroxylation sites is 2. The summed E-state index contributed by atoms with van der Waals surface area (Å²) in [6.07, 6.45) is 1.45. The summed E-state index contributed by atoms with van der Waals surface area (Å²) in [5, 5.41) is 11.1. The molecule has 0 bridgehead atoms. The number of hydrogen-bond donors (Lipinski definition) is 0. The average Bonchev–Trinajstić information content (AvgIpc) is 3.00. The average molecular weight is 322 g/mol. The minimum Gasteiger partial charge on any atom is -0.550 e. The summed E-state index contributed by atoms with van der Waals surface area (Å²) < 4.78 is 11.1. The number of carboxylic acid groups (broad SMARTS) is 1. The molecule has 3 rings (SSSR count). The standard InChI is InChI=1S/C19H17NO4/c1-2-23-15-9-7-13(8-10-15)11-14(12-18(21)22)19-20-16-5-3-4-6-17(16)24-19/h3-11H,2,12H2,1H3,(H,21,22)/p-1/b14-11+. The predicted octanol–water partition coefficient (Wildman–Crippen LogP) is 2.91. The SMILES string of the molecule is CCOc1ccc(/C=C(\CC(=O)[O-])c2nc3ccccc3o2)cc1. The first kappa shape index (κ1) is 15.8. The molecule has 0 aliphatic rings. The monoisotopic (exact) mass is 322 g/mol. The van der Waals surface area contributed by atoms with Crippen LogP contribution in [0.5, 0.6) is 5.75 Å². The summed E-state index contributed by atoms with van der Waals surface area (Å²) in [6.45, 7) is 2.51. The first-order valence-electron chi connectivity index (χ1n) is 7.65. The summed E-state index contributed by atoms with van der Waals surface area (Å²) in [5.41, 5.74) is 2.58. The lowest BCUT2D eigenvalue weighted by atomic mass is 10.1. The maximum Gasteiger partial charge on any atom is 0.223 e. The molecule has 0 amide bonds. The highest BCUT2D eigenvalue weighted by molar-refractivity contribution is 5.90. The van der Waals surface area contributed by atoms with Crippen LogP contribution in [0.3, 0.4) is 0 Å². The molecular formula is C19H16NO4-. The van der Waals surface area contributed by atoms with Crippen LogP contribution in [0.2, 0.25) is 0 Å². The van der Waals surface area contributed by atoms with Crippen LogP contribution >= 0.6 is 0 Å². The molecule has 0 saturated carbocycles. The molecule has 0 N–H and O–H groups in total. The Balaban J connectivity index is 1.97. The van der Waals surface area contributed by atoms with Crippen LogP contribution in [0.4, 0.5) is 0 Å². The van der Waals surface area contributed by atoms with Crippen molar-refractivity contribution in [3.8, 4) is 5.75 Å². The largest absolute Gasteiger partial charge is 0.550 e. The first-order chi connectivity index (χ1) is 11.7. The number of rotatable bonds is 6. The molecule has 3 aromatic rings. The number of carbonyl (C=O) groups is 1. The van der Waals surface area contributed by atoms with E-state index in [4.69, 9.17) is 9.15 Å². The zero-order chi connectivity index (χ0) is 16.9. The highest BCUT2D eigenvalue weighted by Crippen LogP contribution is 2.25. The fourth-order valence-electron chi connectivity index (χ4n) is 2.38. The van der Waals surface area contributed by atoms with Gasteiger partial charge >= 0.3 is 0 Å². The van der Waals surface area contributed by atoms with Gasteiger partial charge in [0.1, 0.15) is 11.3 Å². The Morgan fingerprint density at radius 1 is 1.21 bits per heavy atom. The molecule has 2 aromatic carbocycles.